The lowest BCUT2D eigenvalue weighted by atomic mass is 9.94. The van der Waals surface area contributed by atoms with Crippen molar-refractivity contribution in [2.24, 2.45) is 0 Å². The van der Waals surface area contributed by atoms with Crippen molar-refractivity contribution < 1.29 is 8.83 Å². The quantitative estimate of drug-likeness (QED) is 0.0956. The molecule has 6 heteroatoms. The number of anilines is 6. The lowest BCUT2D eigenvalue weighted by Crippen LogP contribution is -2.37. The van der Waals surface area contributed by atoms with Gasteiger partial charge in [0.25, 0.3) is 0 Å². The van der Waals surface area contributed by atoms with Gasteiger partial charge >= 0.3 is 0 Å². The highest BCUT2D eigenvalue weighted by Gasteiger charge is 2.26. The number of hydrogen-bond donors (Lipinski definition) is 0. The van der Waals surface area contributed by atoms with Crippen LogP contribution in [0, 0.1) is 0 Å². The Kier molecular flexibility index (Phi) is 10.6. The van der Waals surface area contributed by atoms with Crippen molar-refractivity contribution in [1.29, 1.82) is 0 Å². The molecule has 11 aromatic rings. The highest BCUT2D eigenvalue weighted by molar-refractivity contribution is 6.89. The number of hydrogen-bond acceptors (Lipinski definition) is 4. The Labute approximate surface area is 401 Å². The monoisotopic (exact) mass is 918 g/mol. The topological polar surface area (TPSA) is 32.8 Å². The lowest BCUT2D eigenvalue weighted by molar-refractivity contribution is 0.663. The average Bonchev–Trinajstić information content (AvgIpc) is 3.94. The summed E-state index contributed by atoms with van der Waals surface area (Å²) in [6.45, 7) is 23.2. The summed E-state index contributed by atoms with van der Waals surface area (Å²) in [7, 11) is -3.14. The van der Waals surface area contributed by atoms with Crippen LogP contribution >= 0.6 is 0 Å². The third kappa shape index (κ3) is 7.17. The van der Waals surface area contributed by atoms with Gasteiger partial charge in [-0.15, -0.1) is 0 Å². The van der Waals surface area contributed by atoms with E-state index in [0.29, 0.717) is 0 Å². The van der Waals surface area contributed by atoms with Crippen LogP contribution in [0.3, 0.4) is 0 Å². The summed E-state index contributed by atoms with van der Waals surface area (Å²) in [4.78, 5) is 4.80. The molecule has 68 heavy (non-hydrogen) atoms. The fourth-order valence-electron chi connectivity index (χ4n) is 10.4. The van der Waals surface area contributed by atoms with E-state index in [-0.39, 0.29) is 0 Å². The first-order valence-corrected chi connectivity index (χ1v) is 31.2. The molecular formula is C62H58N2O2Si2. The fourth-order valence-corrected chi connectivity index (χ4v) is 12.7. The predicted octanol–water partition coefficient (Wildman–Crippen LogP) is 17.6. The first kappa shape index (κ1) is 43.4. The second kappa shape index (κ2) is 16.6. The Balaban J connectivity index is 1.17. The van der Waals surface area contributed by atoms with E-state index in [1.54, 1.807) is 0 Å². The zero-order valence-corrected chi connectivity index (χ0v) is 42.5. The summed E-state index contributed by atoms with van der Waals surface area (Å²) < 4.78 is 13.9. The van der Waals surface area contributed by atoms with Crippen LogP contribution in [0.4, 0.5) is 34.1 Å². The van der Waals surface area contributed by atoms with Gasteiger partial charge in [0.15, 0.2) is 11.2 Å². The molecule has 0 spiro atoms. The van der Waals surface area contributed by atoms with Gasteiger partial charge in [-0.3, -0.25) is 0 Å². The molecule has 0 bridgehead atoms. The minimum Gasteiger partial charge on any atom is -0.454 e. The Bertz CT molecular complexity index is 3750. The summed E-state index contributed by atoms with van der Waals surface area (Å²) >= 11 is 0. The molecule has 336 valence electrons. The van der Waals surface area contributed by atoms with Crippen molar-refractivity contribution in [2.75, 3.05) is 9.80 Å². The second-order valence-corrected chi connectivity index (χ2v) is 30.5. The largest absolute Gasteiger partial charge is 0.454 e. The third-order valence-corrected chi connectivity index (χ3v) is 18.2. The van der Waals surface area contributed by atoms with Crippen LogP contribution in [-0.2, 0) is 12.8 Å². The van der Waals surface area contributed by atoms with E-state index in [9.17, 15) is 0 Å². The summed E-state index contributed by atoms with van der Waals surface area (Å²) in [6, 6.07) is 60.7. The van der Waals surface area contributed by atoms with E-state index in [4.69, 9.17) is 8.83 Å². The van der Waals surface area contributed by atoms with E-state index >= 15 is 0 Å². The number of nitrogens with zero attached hydrogens (tertiary/aromatic N) is 2. The molecule has 0 aliphatic carbocycles. The van der Waals surface area contributed by atoms with Crippen LogP contribution in [0.15, 0.2) is 179 Å². The van der Waals surface area contributed by atoms with Gasteiger partial charge in [-0.05, 0) is 100 Å². The molecule has 0 N–H and O–H groups in total. The molecule has 2 heterocycles. The number of para-hydroxylation sites is 4. The molecule has 0 atom stereocenters. The van der Waals surface area contributed by atoms with Gasteiger partial charge in [0, 0.05) is 44.0 Å². The maximum absolute atomic E-state index is 6.99. The minimum absolute atomic E-state index is 0.878. The fraction of sp³-hybridized carbons (Fsp3) is 0.161. The van der Waals surface area contributed by atoms with Crippen molar-refractivity contribution in [1.82, 2.24) is 0 Å². The van der Waals surface area contributed by atoms with Crippen LogP contribution in [0.5, 0.6) is 0 Å². The summed E-state index contributed by atoms with van der Waals surface area (Å²) in [6.07, 6.45) is 3.80. The minimum atomic E-state index is -1.57. The highest BCUT2D eigenvalue weighted by Crippen LogP contribution is 2.48. The van der Waals surface area contributed by atoms with Crippen LogP contribution in [0.2, 0.25) is 39.3 Å². The first-order valence-electron chi connectivity index (χ1n) is 24.2. The summed E-state index contributed by atoms with van der Waals surface area (Å²) in [5, 5.41) is 11.9. The maximum Gasteiger partial charge on any atom is 0.159 e. The zero-order chi connectivity index (χ0) is 47.1. The molecular weight excluding hydrogens is 861 g/mol. The second-order valence-electron chi connectivity index (χ2n) is 20.3. The molecule has 0 unspecified atom stereocenters. The van der Waals surface area contributed by atoms with Crippen molar-refractivity contribution in [2.45, 2.75) is 66.0 Å². The predicted molar refractivity (Wildman–Crippen MR) is 300 cm³/mol. The van der Waals surface area contributed by atoms with Gasteiger partial charge in [0.05, 0.1) is 33.2 Å². The van der Waals surface area contributed by atoms with E-state index in [2.05, 4.69) is 233 Å². The number of benzene rings is 9. The average molecular weight is 919 g/mol. The van der Waals surface area contributed by atoms with Gasteiger partial charge < -0.3 is 18.6 Å². The van der Waals surface area contributed by atoms with Crippen molar-refractivity contribution >= 4 is 132 Å². The molecule has 0 amide bonds. The smallest absolute Gasteiger partial charge is 0.159 e. The van der Waals surface area contributed by atoms with Crippen LogP contribution in [0.1, 0.15) is 30.5 Å². The molecule has 0 aliphatic heterocycles. The van der Waals surface area contributed by atoms with Gasteiger partial charge in [-0.25, -0.2) is 0 Å². The van der Waals surface area contributed by atoms with Crippen LogP contribution in [0.25, 0.3) is 71.5 Å². The number of furan rings is 2. The Morgan fingerprint density at radius 2 is 0.882 bits per heavy atom. The normalized spacial score (nSPS) is 12.3. The molecule has 0 radical (unpaired) electrons. The van der Waals surface area contributed by atoms with Crippen LogP contribution in [-0.4, -0.2) is 16.1 Å². The van der Waals surface area contributed by atoms with Crippen molar-refractivity contribution in [3.63, 3.8) is 0 Å². The Morgan fingerprint density at radius 1 is 0.426 bits per heavy atom. The summed E-state index contributed by atoms with van der Waals surface area (Å²) in [5.41, 5.74) is 13.5. The van der Waals surface area contributed by atoms with Gasteiger partial charge in [0.2, 0.25) is 0 Å². The lowest BCUT2D eigenvalue weighted by Gasteiger charge is -2.29. The summed E-state index contributed by atoms with van der Waals surface area (Å²) in [5.74, 6) is 0. The molecule has 4 nitrogen and oxygen atoms in total. The molecule has 0 saturated carbocycles. The van der Waals surface area contributed by atoms with E-state index in [1.165, 1.54) is 21.5 Å². The third-order valence-electron chi connectivity index (χ3n) is 14.1. The Hall–Kier alpha value is -7.13. The SMILES string of the molecule is C=Cc1ccc(N(c2ccc([Si](C)(C)C)cc2)c2cccc3c2oc2c(CC)cccc23)c2ccc3ccc(N(c4ccc([Si](C)(C)C)cc4)c4cccc5c4oc4c(CC)cccc45)cc3c12. The van der Waals surface area contributed by atoms with Gasteiger partial charge in [-0.1, -0.05) is 185 Å². The van der Waals surface area contributed by atoms with Gasteiger partial charge in [-0.2, -0.15) is 0 Å². The van der Waals surface area contributed by atoms with E-state index in [0.717, 1.165) is 118 Å². The van der Waals surface area contributed by atoms with Crippen molar-refractivity contribution in [3.05, 3.63) is 187 Å². The van der Waals surface area contributed by atoms with E-state index < -0.39 is 16.1 Å². The molecule has 9 aromatic carbocycles. The van der Waals surface area contributed by atoms with Gasteiger partial charge in [0.1, 0.15) is 11.2 Å². The standard InChI is InChI=1S/C62H58N2O2Si2/c1-10-40-27-38-55(64(45-31-35-48(36-32-45)68(7,8)9)57-24-16-22-52-50-20-14-18-42(12-3)60(50)66-62(52)57)53-37-26-43-25-28-46(39-54(43)58(40)53)63(44-29-33-47(34-30-44)67(4,5)6)56-23-15-21-51-49-19-13-17-41(11-2)59(49)65-61(51)56/h10,13-39H,1,11-12H2,2-9H3. The molecule has 11 rings (SSSR count). The molecule has 0 saturated heterocycles. The highest BCUT2D eigenvalue weighted by atomic mass is 28.3. The van der Waals surface area contributed by atoms with E-state index in [1.807, 2.05) is 6.08 Å². The first-order chi connectivity index (χ1) is 32.9. The molecule has 0 fully saturated rings. The number of aryl methyl sites for hydroxylation is 2. The molecule has 2 aromatic heterocycles. The Morgan fingerprint density at radius 3 is 1.38 bits per heavy atom. The maximum atomic E-state index is 6.99. The van der Waals surface area contributed by atoms with Crippen molar-refractivity contribution in [3.8, 4) is 0 Å². The number of rotatable bonds is 11. The van der Waals surface area contributed by atoms with Crippen LogP contribution < -0.4 is 20.2 Å². The molecule has 0 aliphatic rings. The zero-order valence-electron chi connectivity index (χ0n) is 40.5. The number of fused-ring (bicyclic) bond motifs is 9.